The molecule has 4 aromatic rings. The van der Waals surface area contributed by atoms with Gasteiger partial charge in [-0.1, -0.05) is 47.3 Å². The maximum Gasteiger partial charge on any atom is 0.256 e. The highest BCUT2D eigenvalue weighted by Gasteiger charge is 2.12. The lowest BCUT2D eigenvalue weighted by Gasteiger charge is -2.02. The molecule has 0 atom stereocenters. The largest absolute Gasteiger partial charge is 0.360 e. The Morgan fingerprint density at radius 1 is 1.08 bits per heavy atom. The molecule has 0 spiro atoms. The first-order valence-electron chi connectivity index (χ1n) is 7.54. The van der Waals surface area contributed by atoms with Crippen LogP contribution < -0.4 is 0 Å². The van der Waals surface area contributed by atoms with E-state index in [2.05, 4.69) is 20.3 Å². The number of thioether (sulfide) groups is 1. The van der Waals surface area contributed by atoms with Crippen molar-refractivity contribution in [3.05, 3.63) is 59.6 Å². The third-order valence-electron chi connectivity index (χ3n) is 3.64. The summed E-state index contributed by atoms with van der Waals surface area (Å²) in [5, 5.41) is 13.3. The van der Waals surface area contributed by atoms with Gasteiger partial charge in [0.2, 0.25) is 0 Å². The summed E-state index contributed by atoms with van der Waals surface area (Å²) >= 11 is 1.55. The molecule has 6 nitrogen and oxygen atoms in total. The van der Waals surface area contributed by atoms with Crippen LogP contribution in [-0.2, 0) is 5.75 Å². The highest BCUT2D eigenvalue weighted by molar-refractivity contribution is 7.98. The standard InChI is InChI=1S/C17H15N5OS/c1-11-8-12(2)22-16(18-11)19-20-17(22)24-10-14-9-15(21-23-14)13-6-4-3-5-7-13/h3-9H,10H2,1-2H3. The SMILES string of the molecule is Cc1cc(C)n2c(SCc3cc(-c4ccccc4)no3)nnc2n1. The van der Waals surface area contributed by atoms with Crippen LogP contribution in [0, 0.1) is 13.8 Å². The van der Waals surface area contributed by atoms with Gasteiger partial charge in [0, 0.05) is 23.0 Å². The highest BCUT2D eigenvalue weighted by Crippen LogP contribution is 2.25. The molecule has 0 amide bonds. The van der Waals surface area contributed by atoms with E-state index >= 15 is 0 Å². The second kappa shape index (κ2) is 6.09. The number of hydrogen-bond acceptors (Lipinski definition) is 6. The van der Waals surface area contributed by atoms with E-state index in [9.17, 15) is 0 Å². The third kappa shape index (κ3) is 2.78. The Morgan fingerprint density at radius 3 is 2.75 bits per heavy atom. The molecule has 0 N–H and O–H groups in total. The molecule has 1 aromatic carbocycles. The monoisotopic (exact) mass is 337 g/mol. The van der Waals surface area contributed by atoms with E-state index in [0.717, 1.165) is 33.6 Å². The summed E-state index contributed by atoms with van der Waals surface area (Å²) in [6, 6.07) is 13.9. The Hall–Kier alpha value is -2.67. The highest BCUT2D eigenvalue weighted by atomic mass is 32.2. The van der Waals surface area contributed by atoms with Crippen molar-refractivity contribution < 1.29 is 4.52 Å². The van der Waals surface area contributed by atoms with E-state index in [4.69, 9.17) is 4.52 Å². The summed E-state index contributed by atoms with van der Waals surface area (Å²) in [5.74, 6) is 2.05. The Bertz CT molecular complexity index is 993. The second-order valence-corrected chi connectivity index (χ2v) is 6.43. The van der Waals surface area contributed by atoms with E-state index < -0.39 is 0 Å². The van der Waals surface area contributed by atoms with Gasteiger partial charge in [-0.15, -0.1) is 10.2 Å². The maximum atomic E-state index is 5.43. The molecule has 0 aliphatic heterocycles. The zero-order valence-electron chi connectivity index (χ0n) is 13.3. The van der Waals surface area contributed by atoms with Crippen LogP contribution >= 0.6 is 11.8 Å². The maximum absolute atomic E-state index is 5.43. The van der Waals surface area contributed by atoms with Crippen LogP contribution in [0.1, 0.15) is 17.1 Å². The molecule has 0 aliphatic rings. The molecule has 0 saturated heterocycles. The molecule has 120 valence electrons. The number of nitrogens with zero attached hydrogens (tertiary/aromatic N) is 5. The van der Waals surface area contributed by atoms with Crippen molar-refractivity contribution in [1.29, 1.82) is 0 Å². The van der Waals surface area contributed by atoms with E-state index in [0.29, 0.717) is 11.5 Å². The first-order chi connectivity index (χ1) is 11.7. The molecular formula is C17H15N5OS. The van der Waals surface area contributed by atoms with Crippen LogP contribution in [0.15, 0.2) is 52.1 Å². The lowest BCUT2D eigenvalue weighted by atomic mass is 10.1. The molecule has 7 heteroatoms. The third-order valence-corrected chi connectivity index (χ3v) is 4.59. The van der Waals surface area contributed by atoms with Crippen molar-refractivity contribution in [2.24, 2.45) is 0 Å². The predicted octanol–water partition coefficient (Wildman–Crippen LogP) is 3.69. The molecule has 0 saturated carbocycles. The summed E-state index contributed by atoms with van der Waals surface area (Å²) in [7, 11) is 0. The van der Waals surface area contributed by atoms with Gasteiger partial charge in [0.05, 0.1) is 5.75 Å². The van der Waals surface area contributed by atoms with E-state index in [1.807, 2.05) is 60.7 Å². The van der Waals surface area contributed by atoms with Crippen molar-refractivity contribution in [3.8, 4) is 11.3 Å². The molecule has 0 unspecified atom stereocenters. The molecule has 0 radical (unpaired) electrons. The Balaban J connectivity index is 1.55. The van der Waals surface area contributed by atoms with Crippen LogP contribution in [-0.4, -0.2) is 24.7 Å². The summed E-state index contributed by atoms with van der Waals surface area (Å²) in [6.07, 6.45) is 0. The van der Waals surface area contributed by atoms with Crippen molar-refractivity contribution in [1.82, 2.24) is 24.7 Å². The van der Waals surface area contributed by atoms with Crippen molar-refractivity contribution in [2.45, 2.75) is 24.8 Å². The van der Waals surface area contributed by atoms with Crippen LogP contribution in [0.2, 0.25) is 0 Å². The molecular weight excluding hydrogens is 322 g/mol. The zero-order chi connectivity index (χ0) is 16.5. The minimum atomic E-state index is 0.623. The van der Waals surface area contributed by atoms with E-state index in [-0.39, 0.29) is 0 Å². The minimum Gasteiger partial charge on any atom is -0.360 e. The lowest BCUT2D eigenvalue weighted by Crippen LogP contribution is -1.97. The fourth-order valence-electron chi connectivity index (χ4n) is 2.56. The average molecular weight is 337 g/mol. The Morgan fingerprint density at radius 2 is 1.92 bits per heavy atom. The number of aromatic nitrogens is 5. The summed E-state index contributed by atoms with van der Waals surface area (Å²) in [4.78, 5) is 4.40. The first-order valence-corrected chi connectivity index (χ1v) is 8.52. The lowest BCUT2D eigenvalue weighted by molar-refractivity contribution is 0.397. The fourth-order valence-corrected chi connectivity index (χ4v) is 3.42. The molecule has 24 heavy (non-hydrogen) atoms. The van der Waals surface area contributed by atoms with Gasteiger partial charge in [-0.2, -0.15) is 0 Å². The van der Waals surface area contributed by atoms with Crippen LogP contribution in [0.3, 0.4) is 0 Å². The quantitative estimate of drug-likeness (QED) is 0.529. The van der Waals surface area contributed by atoms with Crippen LogP contribution in [0.25, 0.3) is 17.0 Å². The van der Waals surface area contributed by atoms with Crippen molar-refractivity contribution >= 4 is 17.5 Å². The molecule has 0 fully saturated rings. The average Bonchev–Trinajstić information content (AvgIpc) is 3.20. The van der Waals surface area contributed by atoms with E-state index in [1.54, 1.807) is 11.8 Å². The van der Waals surface area contributed by atoms with Gasteiger partial charge < -0.3 is 4.52 Å². The predicted molar refractivity (Wildman–Crippen MR) is 91.8 cm³/mol. The summed E-state index contributed by atoms with van der Waals surface area (Å²) in [5.41, 5.74) is 3.88. The molecule has 3 aromatic heterocycles. The normalized spacial score (nSPS) is 11.2. The van der Waals surface area contributed by atoms with Crippen LogP contribution in [0.4, 0.5) is 0 Å². The number of aryl methyl sites for hydroxylation is 2. The molecule has 3 heterocycles. The molecule has 0 bridgehead atoms. The summed E-state index contributed by atoms with van der Waals surface area (Å²) < 4.78 is 7.39. The van der Waals surface area contributed by atoms with Gasteiger partial charge in [0.1, 0.15) is 11.5 Å². The minimum absolute atomic E-state index is 0.623. The Labute approximate surface area is 142 Å². The van der Waals surface area contributed by atoms with Gasteiger partial charge in [-0.3, -0.25) is 4.40 Å². The zero-order valence-corrected chi connectivity index (χ0v) is 14.1. The molecule has 0 aliphatic carbocycles. The fraction of sp³-hybridized carbons (Fsp3) is 0.176. The Kier molecular flexibility index (Phi) is 3.78. The number of benzene rings is 1. The summed E-state index contributed by atoms with van der Waals surface area (Å²) in [6.45, 7) is 3.98. The van der Waals surface area contributed by atoms with Crippen molar-refractivity contribution in [2.75, 3.05) is 0 Å². The topological polar surface area (TPSA) is 69.1 Å². The van der Waals surface area contributed by atoms with Gasteiger partial charge >= 0.3 is 0 Å². The van der Waals surface area contributed by atoms with E-state index in [1.165, 1.54) is 0 Å². The first kappa shape index (κ1) is 14.9. The second-order valence-electron chi connectivity index (χ2n) is 5.49. The van der Waals surface area contributed by atoms with Crippen molar-refractivity contribution in [3.63, 3.8) is 0 Å². The molecule has 4 rings (SSSR count). The smallest absolute Gasteiger partial charge is 0.256 e. The number of rotatable bonds is 4. The van der Waals surface area contributed by atoms with Gasteiger partial charge in [0.15, 0.2) is 5.16 Å². The number of fused-ring (bicyclic) bond motifs is 1. The van der Waals surface area contributed by atoms with Gasteiger partial charge in [-0.05, 0) is 19.9 Å². The van der Waals surface area contributed by atoms with Crippen LogP contribution in [0.5, 0.6) is 0 Å². The number of hydrogen-bond donors (Lipinski definition) is 0. The van der Waals surface area contributed by atoms with Gasteiger partial charge in [-0.25, -0.2) is 4.98 Å². The van der Waals surface area contributed by atoms with Gasteiger partial charge in [0.25, 0.3) is 5.78 Å².